The van der Waals surface area contributed by atoms with Crippen molar-refractivity contribution in [3.05, 3.63) is 27.5 Å². The number of methoxy groups -OCH3 is 1. The van der Waals surface area contributed by atoms with E-state index in [1.54, 1.807) is 12.1 Å². The Bertz CT molecular complexity index is 330. The van der Waals surface area contributed by atoms with Crippen LogP contribution in [0.15, 0.2) is 16.7 Å². The van der Waals surface area contributed by atoms with Gasteiger partial charge in [-0.25, -0.2) is 4.98 Å². The molecule has 0 aliphatic rings. The van der Waals surface area contributed by atoms with Crippen molar-refractivity contribution >= 4 is 33.5 Å². The lowest BCUT2D eigenvalue weighted by Gasteiger charge is -2.01. The van der Waals surface area contributed by atoms with Gasteiger partial charge in [0.25, 0.3) is 0 Å². The number of hydrogen-bond acceptors (Lipinski definition) is 3. The zero-order valence-corrected chi connectivity index (χ0v) is 9.22. The second kappa shape index (κ2) is 4.58. The van der Waals surface area contributed by atoms with Gasteiger partial charge in [-0.2, -0.15) is 0 Å². The average Bonchev–Trinajstić information content (AvgIpc) is 2.09. The highest BCUT2D eigenvalue weighted by Crippen LogP contribution is 2.17. The Hall–Kier alpha value is -0.610. The van der Waals surface area contributed by atoms with Crippen LogP contribution in [0.3, 0.4) is 0 Å². The van der Waals surface area contributed by atoms with E-state index in [1.165, 1.54) is 7.11 Å². The minimum absolute atomic E-state index is 0.148. The smallest absolute Gasteiger partial charge is 0.310 e. The summed E-state index contributed by atoms with van der Waals surface area (Å²) in [6.45, 7) is 0. The molecular formula is C8H7BrClNO2. The molecule has 0 bridgehead atoms. The van der Waals surface area contributed by atoms with Crippen LogP contribution >= 0.6 is 27.5 Å². The fourth-order valence-corrected chi connectivity index (χ4v) is 1.43. The van der Waals surface area contributed by atoms with Gasteiger partial charge in [-0.05, 0) is 22.0 Å². The predicted octanol–water partition coefficient (Wildman–Crippen LogP) is 2.21. The maximum atomic E-state index is 10.9. The molecule has 1 rings (SSSR count). The molecular weight excluding hydrogens is 257 g/mol. The molecule has 0 fully saturated rings. The number of esters is 1. The molecule has 5 heteroatoms. The lowest BCUT2D eigenvalue weighted by molar-refractivity contribution is -0.139. The molecule has 3 nitrogen and oxygen atoms in total. The molecule has 0 aromatic carbocycles. The van der Waals surface area contributed by atoms with E-state index in [0.29, 0.717) is 15.3 Å². The van der Waals surface area contributed by atoms with Crippen molar-refractivity contribution in [1.82, 2.24) is 4.98 Å². The highest BCUT2D eigenvalue weighted by molar-refractivity contribution is 9.10. The number of nitrogens with zero attached hydrogens (tertiary/aromatic N) is 1. The zero-order valence-electron chi connectivity index (χ0n) is 6.88. The van der Waals surface area contributed by atoms with Crippen molar-refractivity contribution in [2.24, 2.45) is 0 Å². The Labute approximate surface area is 89.2 Å². The van der Waals surface area contributed by atoms with E-state index < -0.39 is 0 Å². The quantitative estimate of drug-likeness (QED) is 0.607. The van der Waals surface area contributed by atoms with Gasteiger partial charge in [0.1, 0.15) is 9.76 Å². The van der Waals surface area contributed by atoms with Crippen LogP contribution in [0.5, 0.6) is 0 Å². The molecule has 0 aliphatic carbocycles. The first-order valence-corrected chi connectivity index (χ1v) is 4.68. The summed E-state index contributed by atoms with van der Waals surface area (Å²) < 4.78 is 5.15. The van der Waals surface area contributed by atoms with Gasteiger partial charge in [0.15, 0.2) is 0 Å². The van der Waals surface area contributed by atoms with Gasteiger partial charge < -0.3 is 4.74 Å². The van der Waals surface area contributed by atoms with Crippen molar-refractivity contribution in [1.29, 1.82) is 0 Å². The summed E-state index contributed by atoms with van der Waals surface area (Å²) in [6.07, 6.45) is 0.148. The number of ether oxygens (including phenoxy) is 1. The number of hydrogen-bond donors (Lipinski definition) is 0. The van der Waals surface area contributed by atoms with Crippen LogP contribution in [-0.4, -0.2) is 18.1 Å². The summed E-state index contributed by atoms with van der Waals surface area (Å²) in [5.41, 5.74) is 0.664. The standard InChI is InChI=1S/C8H7BrClNO2/c1-13-7(12)4-5-2-3-6(9)11-8(5)10/h2-3H,4H2,1H3. The molecule has 0 amide bonds. The molecule has 0 N–H and O–H groups in total. The van der Waals surface area contributed by atoms with Gasteiger partial charge in [0.2, 0.25) is 0 Å². The molecule has 0 saturated carbocycles. The fourth-order valence-electron chi connectivity index (χ4n) is 0.800. The molecule has 70 valence electrons. The van der Waals surface area contributed by atoms with Gasteiger partial charge in [0, 0.05) is 5.56 Å². The summed E-state index contributed by atoms with van der Waals surface area (Å²) in [5, 5.41) is 0.319. The Morgan fingerprint density at radius 3 is 2.92 bits per heavy atom. The van der Waals surface area contributed by atoms with Crippen LogP contribution < -0.4 is 0 Å². The van der Waals surface area contributed by atoms with Crippen LogP contribution in [0.1, 0.15) is 5.56 Å². The first-order valence-electron chi connectivity index (χ1n) is 3.51. The number of carbonyl (C=O) groups excluding carboxylic acids is 1. The highest BCUT2D eigenvalue weighted by atomic mass is 79.9. The van der Waals surface area contributed by atoms with Crippen molar-refractivity contribution in [2.75, 3.05) is 7.11 Å². The maximum absolute atomic E-state index is 10.9. The monoisotopic (exact) mass is 263 g/mol. The first kappa shape index (κ1) is 10.5. The van der Waals surface area contributed by atoms with Crippen LogP contribution in [0.2, 0.25) is 5.15 Å². The third-order valence-electron chi connectivity index (χ3n) is 1.45. The molecule has 1 aromatic rings. The van der Waals surface area contributed by atoms with E-state index in [9.17, 15) is 4.79 Å². The number of aromatic nitrogens is 1. The topological polar surface area (TPSA) is 39.2 Å². The molecule has 0 spiro atoms. The lowest BCUT2D eigenvalue weighted by atomic mass is 10.2. The molecule has 1 heterocycles. The number of pyridine rings is 1. The predicted molar refractivity (Wildman–Crippen MR) is 52.7 cm³/mol. The Kier molecular flexibility index (Phi) is 3.69. The molecule has 0 saturated heterocycles. The third-order valence-corrected chi connectivity index (χ3v) is 2.22. The fraction of sp³-hybridized carbons (Fsp3) is 0.250. The van der Waals surface area contributed by atoms with E-state index in [-0.39, 0.29) is 12.4 Å². The Morgan fingerprint density at radius 2 is 2.38 bits per heavy atom. The van der Waals surface area contributed by atoms with E-state index >= 15 is 0 Å². The molecule has 0 radical (unpaired) electrons. The van der Waals surface area contributed by atoms with Crippen LogP contribution in [0, 0.1) is 0 Å². The first-order chi connectivity index (χ1) is 6.13. The van der Waals surface area contributed by atoms with E-state index in [4.69, 9.17) is 11.6 Å². The van der Waals surface area contributed by atoms with E-state index in [0.717, 1.165) is 0 Å². The van der Waals surface area contributed by atoms with Crippen LogP contribution in [-0.2, 0) is 16.0 Å². The Balaban J connectivity index is 2.83. The third kappa shape index (κ3) is 2.97. The molecule has 0 unspecified atom stereocenters. The second-order valence-corrected chi connectivity index (χ2v) is 3.51. The van der Waals surface area contributed by atoms with Gasteiger partial charge in [0.05, 0.1) is 13.5 Å². The summed E-state index contributed by atoms with van der Waals surface area (Å²) in [5.74, 6) is -0.328. The summed E-state index contributed by atoms with van der Waals surface area (Å²) >= 11 is 8.95. The van der Waals surface area contributed by atoms with Gasteiger partial charge in [-0.1, -0.05) is 17.7 Å². The van der Waals surface area contributed by atoms with E-state index in [1.807, 2.05) is 0 Å². The highest BCUT2D eigenvalue weighted by Gasteiger charge is 2.07. The number of halogens is 2. The molecule has 0 atom stereocenters. The number of carbonyl (C=O) groups is 1. The van der Waals surface area contributed by atoms with Gasteiger partial charge in [-0.15, -0.1) is 0 Å². The van der Waals surface area contributed by atoms with Crippen molar-refractivity contribution in [3.63, 3.8) is 0 Å². The lowest BCUT2D eigenvalue weighted by Crippen LogP contribution is -2.05. The van der Waals surface area contributed by atoms with Gasteiger partial charge >= 0.3 is 5.97 Å². The minimum atomic E-state index is -0.328. The van der Waals surface area contributed by atoms with Crippen LogP contribution in [0.25, 0.3) is 0 Å². The zero-order chi connectivity index (χ0) is 9.84. The minimum Gasteiger partial charge on any atom is -0.469 e. The van der Waals surface area contributed by atoms with Crippen LogP contribution in [0.4, 0.5) is 0 Å². The van der Waals surface area contributed by atoms with E-state index in [2.05, 4.69) is 25.7 Å². The molecule has 0 aliphatic heterocycles. The normalized spacial score (nSPS) is 9.77. The van der Waals surface area contributed by atoms with Crippen molar-refractivity contribution < 1.29 is 9.53 Å². The summed E-state index contributed by atoms with van der Waals surface area (Å²) in [6, 6.07) is 3.46. The Morgan fingerprint density at radius 1 is 1.69 bits per heavy atom. The average molecular weight is 265 g/mol. The summed E-state index contributed by atoms with van der Waals surface area (Å²) in [7, 11) is 1.34. The van der Waals surface area contributed by atoms with Crippen molar-refractivity contribution in [2.45, 2.75) is 6.42 Å². The largest absolute Gasteiger partial charge is 0.469 e. The summed E-state index contributed by atoms with van der Waals surface area (Å²) in [4.78, 5) is 14.8. The SMILES string of the molecule is COC(=O)Cc1ccc(Br)nc1Cl. The second-order valence-electron chi connectivity index (χ2n) is 2.34. The number of rotatable bonds is 2. The molecule has 1 aromatic heterocycles. The maximum Gasteiger partial charge on any atom is 0.310 e. The molecule has 13 heavy (non-hydrogen) atoms. The van der Waals surface area contributed by atoms with Crippen molar-refractivity contribution in [3.8, 4) is 0 Å². The van der Waals surface area contributed by atoms with Gasteiger partial charge in [-0.3, -0.25) is 4.79 Å².